The second kappa shape index (κ2) is 9.34. The highest BCUT2D eigenvalue weighted by atomic mass is 16.5. The molecular formula is C24H28N10O. The van der Waals surface area contributed by atoms with Crippen LogP contribution in [0.2, 0.25) is 0 Å². The number of pyridine rings is 1. The number of rotatable bonds is 6. The van der Waals surface area contributed by atoms with Crippen molar-refractivity contribution < 1.29 is 4.52 Å². The monoisotopic (exact) mass is 472 g/mol. The summed E-state index contributed by atoms with van der Waals surface area (Å²) in [5.41, 5.74) is 8.13. The maximum Gasteiger partial charge on any atom is 0.278 e. The molecule has 11 nitrogen and oxygen atoms in total. The van der Waals surface area contributed by atoms with Gasteiger partial charge in [-0.15, -0.1) is 0 Å². The molecule has 1 aliphatic rings. The van der Waals surface area contributed by atoms with Gasteiger partial charge in [0.2, 0.25) is 5.95 Å². The minimum absolute atomic E-state index is 0.168. The molecule has 0 aliphatic carbocycles. The van der Waals surface area contributed by atoms with E-state index in [-0.39, 0.29) is 11.9 Å². The standard InChI is InChI=1S/C24H28N10O/c1-15(2)24(3,17-4-5-18(27-12-17)16-10-30-23(25)31-11-16)22-32-21(35-33-22)19-13-29-20(14-28-19)34-8-6-26-7-9-34/h4-5,10-15,26H,6-9H2,1-3H3,(H2,25,30,31)/t24-/m1/s1. The summed E-state index contributed by atoms with van der Waals surface area (Å²) in [4.78, 5) is 28.7. The van der Waals surface area contributed by atoms with Crippen LogP contribution in [-0.2, 0) is 5.41 Å². The lowest BCUT2D eigenvalue weighted by Crippen LogP contribution is -2.43. The highest BCUT2D eigenvalue weighted by molar-refractivity contribution is 5.58. The zero-order valence-electron chi connectivity index (χ0n) is 20.0. The van der Waals surface area contributed by atoms with Gasteiger partial charge in [0.05, 0.1) is 23.5 Å². The molecule has 0 aromatic carbocycles. The van der Waals surface area contributed by atoms with Crippen LogP contribution in [-0.4, -0.2) is 61.2 Å². The summed E-state index contributed by atoms with van der Waals surface area (Å²) >= 11 is 0. The molecule has 0 radical (unpaired) electrons. The molecular weight excluding hydrogens is 444 g/mol. The zero-order valence-corrected chi connectivity index (χ0v) is 20.0. The van der Waals surface area contributed by atoms with Crippen LogP contribution < -0.4 is 16.0 Å². The van der Waals surface area contributed by atoms with Crippen molar-refractivity contribution in [2.75, 3.05) is 36.8 Å². The summed E-state index contributed by atoms with van der Waals surface area (Å²) in [7, 11) is 0. The Morgan fingerprint density at radius 3 is 2.31 bits per heavy atom. The van der Waals surface area contributed by atoms with E-state index < -0.39 is 5.41 Å². The molecule has 1 atom stereocenters. The number of hydrogen-bond acceptors (Lipinski definition) is 11. The number of piperazine rings is 1. The van der Waals surface area contributed by atoms with Crippen LogP contribution in [0.15, 0.2) is 47.6 Å². The maximum absolute atomic E-state index is 5.62. The van der Waals surface area contributed by atoms with Gasteiger partial charge in [0, 0.05) is 50.3 Å². The number of nitrogens with zero attached hydrogens (tertiary/aromatic N) is 8. The Hall–Kier alpha value is -3.99. The van der Waals surface area contributed by atoms with Crippen LogP contribution in [0.3, 0.4) is 0 Å². The third-order valence-corrected chi connectivity index (χ3v) is 6.67. The molecule has 1 fully saturated rings. The van der Waals surface area contributed by atoms with Crippen molar-refractivity contribution in [3.8, 4) is 22.8 Å². The normalized spacial score (nSPS) is 15.8. The lowest BCUT2D eigenvalue weighted by atomic mass is 9.73. The van der Waals surface area contributed by atoms with Crippen molar-refractivity contribution >= 4 is 11.8 Å². The second-order valence-electron chi connectivity index (χ2n) is 9.04. The van der Waals surface area contributed by atoms with Crippen LogP contribution in [0.1, 0.15) is 32.2 Å². The second-order valence-corrected chi connectivity index (χ2v) is 9.04. The van der Waals surface area contributed by atoms with Crippen LogP contribution in [0.4, 0.5) is 11.8 Å². The van der Waals surface area contributed by atoms with Crippen molar-refractivity contribution in [2.24, 2.45) is 5.92 Å². The molecule has 180 valence electrons. The molecule has 4 aromatic heterocycles. The van der Waals surface area contributed by atoms with Crippen LogP contribution in [0.25, 0.3) is 22.8 Å². The molecule has 0 amide bonds. The Balaban J connectivity index is 1.40. The van der Waals surface area contributed by atoms with E-state index in [2.05, 4.69) is 61.1 Å². The van der Waals surface area contributed by atoms with Gasteiger partial charge in [0.15, 0.2) is 5.82 Å². The Bertz CT molecular complexity index is 1270. The van der Waals surface area contributed by atoms with Crippen molar-refractivity contribution in [1.82, 2.24) is 40.4 Å². The first-order valence-corrected chi connectivity index (χ1v) is 11.6. The Labute approximate surface area is 203 Å². The molecule has 4 aromatic rings. The molecule has 0 bridgehead atoms. The van der Waals surface area contributed by atoms with Crippen LogP contribution in [0.5, 0.6) is 0 Å². The molecule has 0 saturated carbocycles. The molecule has 0 spiro atoms. The predicted octanol–water partition coefficient (Wildman–Crippen LogP) is 2.33. The molecule has 11 heteroatoms. The van der Waals surface area contributed by atoms with Gasteiger partial charge in [-0.3, -0.25) is 4.98 Å². The predicted molar refractivity (Wildman–Crippen MR) is 131 cm³/mol. The fraction of sp³-hybridized carbons (Fsp3) is 0.375. The summed E-state index contributed by atoms with van der Waals surface area (Å²) in [6.45, 7) is 10.0. The van der Waals surface area contributed by atoms with E-state index in [0.29, 0.717) is 17.4 Å². The number of nitrogen functional groups attached to an aromatic ring is 1. The van der Waals surface area contributed by atoms with Gasteiger partial charge >= 0.3 is 0 Å². The first-order valence-electron chi connectivity index (χ1n) is 11.6. The minimum Gasteiger partial charge on any atom is -0.368 e. The summed E-state index contributed by atoms with van der Waals surface area (Å²) in [5, 5.41) is 7.67. The molecule has 1 aliphatic heterocycles. The number of nitrogens with two attached hydrogens (primary N) is 1. The van der Waals surface area contributed by atoms with E-state index >= 15 is 0 Å². The average Bonchev–Trinajstić information content (AvgIpc) is 3.40. The average molecular weight is 473 g/mol. The Morgan fingerprint density at radius 1 is 0.943 bits per heavy atom. The smallest absolute Gasteiger partial charge is 0.278 e. The van der Waals surface area contributed by atoms with Gasteiger partial charge in [0.25, 0.3) is 5.89 Å². The fourth-order valence-corrected chi connectivity index (χ4v) is 4.09. The first kappa shape index (κ1) is 22.8. The molecule has 35 heavy (non-hydrogen) atoms. The lowest BCUT2D eigenvalue weighted by molar-refractivity contribution is 0.350. The maximum atomic E-state index is 5.62. The SMILES string of the molecule is CC(C)[C@](C)(c1ccc(-c2cnc(N)nc2)nc1)c1noc(-c2cnc(N3CCNCC3)cn2)n1. The van der Waals surface area contributed by atoms with Gasteiger partial charge in [-0.1, -0.05) is 25.1 Å². The minimum atomic E-state index is -0.529. The van der Waals surface area contributed by atoms with E-state index in [1.54, 1.807) is 24.8 Å². The molecule has 5 rings (SSSR count). The van der Waals surface area contributed by atoms with E-state index in [9.17, 15) is 0 Å². The lowest BCUT2D eigenvalue weighted by Gasteiger charge is -2.30. The topological polar surface area (TPSA) is 145 Å². The summed E-state index contributed by atoms with van der Waals surface area (Å²) < 4.78 is 5.62. The Kier molecular flexibility index (Phi) is 6.08. The van der Waals surface area contributed by atoms with Crippen LogP contribution >= 0.6 is 0 Å². The van der Waals surface area contributed by atoms with Gasteiger partial charge in [-0.2, -0.15) is 4.98 Å². The highest BCUT2D eigenvalue weighted by Crippen LogP contribution is 2.38. The summed E-state index contributed by atoms with van der Waals surface area (Å²) in [5.74, 6) is 2.16. The highest BCUT2D eigenvalue weighted by Gasteiger charge is 2.38. The zero-order chi connectivity index (χ0) is 24.4. The number of aromatic nitrogens is 7. The van der Waals surface area contributed by atoms with Crippen molar-refractivity contribution in [3.63, 3.8) is 0 Å². The molecule has 3 N–H and O–H groups in total. The number of anilines is 2. The van der Waals surface area contributed by atoms with Gasteiger partial charge in [0.1, 0.15) is 11.5 Å². The quantitative estimate of drug-likeness (QED) is 0.426. The molecule has 1 saturated heterocycles. The summed E-state index contributed by atoms with van der Waals surface area (Å²) in [6, 6.07) is 3.96. The van der Waals surface area contributed by atoms with E-state index in [0.717, 1.165) is 48.8 Å². The molecule has 0 unspecified atom stereocenters. The van der Waals surface area contributed by atoms with Crippen molar-refractivity contribution in [3.05, 3.63) is 54.5 Å². The largest absolute Gasteiger partial charge is 0.368 e. The van der Waals surface area contributed by atoms with Gasteiger partial charge in [-0.05, 0) is 24.5 Å². The summed E-state index contributed by atoms with van der Waals surface area (Å²) in [6.07, 6.45) is 8.60. The third-order valence-electron chi connectivity index (χ3n) is 6.67. The fourth-order valence-electron chi connectivity index (χ4n) is 4.09. The van der Waals surface area contributed by atoms with E-state index in [1.165, 1.54) is 0 Å². The molecule has 5 heterocycles. The van der Waals surface area contributed by atoms with Crippen LogP contribution in [0, 0.1) is 5.92 Å². The number of hydrogen-bond donors (Lipinski definition) is 2. The van der Waals surface area contributed by atoms with E-state index in [4.69, 9.17) is 15.2 Å². The van der Waals surface area contributed by atoms with E-state index in [1.807, 2.05) is 18.3 Å². The van der Waals surface area contributed by atoms with Crippen molar-refractivity contribution in [1.29, 1.82) is 0 Å². The third kappa shape index (κ3) is 4.42. The van der Waals surface area contributed by atoms with Crippen molar-refractivity contribution in [2.45, 2.75) is 26.2 Å². The van der Waals surface area contributed by atoms with Gasteiger partial charge < -0.3 is 20.5 Å². The Morgan fingerprint density at radius 2 is 1.69 bits per heavy atom. The number of nitrogens with one attached hydrogen (secondary N) is 1. The first-order chi connectivity index (χ1) is 16.9. The van der Waals surface area contributed by atoms with Gasteiger partial charge in [-0.25, -0.2) is 19.9 Å².